The lowest BCUT2D eigenvalue weighted by Gasteiger charge is -2.42. The quantitative estimate of drug-likeness (QED) is 0.311. The van der Waals surface area contributed by atoms with Crippen molar-refractivity contribution in [1.29, 1.82) is 0 Å². The molecule has 0 aliphatic heterocycles. The Morgan fingerprint density at radius 1 is 0.743 bits per heavy atom. The molecule has 0 aliphatic carbocycles. The average molecular weight is 570 g/mol. The Morgan fingerprint density at radius 2 is 1.14 bits per heavy atom. The Labute approximate surface area is 188 Å². The first-order valence-corrected chi connectivity index (χ1v) is 8.64. The van der Waals surface area contributed by atoms with Gasteiger partial charge in [-0.1, -0.05) is 17.7 Å². The molecule has 1 aromatic carbocycles. The Kier molecular flexibility index (Phi) is 7.73. The van der Waals surface area contributed by atoms with Crippen LogP contribution in [0.4, 0.5) is 75.9 Å². The second-order valence-corrected chi connectivity index (χ2v) is 7.14. The van der Waals surface area contributed by atoms with Gasteiger partial charge < -0.3 is 5.32 Å². The Hall–Kier alpha value is -2.14. The molecule has 0 radical (unpaired) electrons. The van der Waals surface area contributed by atoms with Crippen molar-refractivity contribution in [2.45, 2.75) is 54.8 Å². The van der Waals surface area contributed by atoms with Gasteiger partial charge in [-0.2, -0.15) is 61.5 Å². The number of anilines is 1. The van der Waals surface area contributed by atoms with Crippen molar-refractivity contribution >= 4 is 23.2 Å². The summed E-state index contributed by atoms with van der Waals surface area (Å²) in [7, 11) is 0. The number of amides is 1. The molecule has 0 atom stereocenters. The monoisotopic (exact) mass is 569 g/mol. The predicted molar refractivity (Wildman–Crippen MR) is 85.5 cm³/mol. The number of alkyl halides is 16. The number of rotatable bonds is 9. The third kappa shape index (κ3) is 4.24. The molecule has 0 heterocycles. The predicted octanol–water partition coefficient (Wildman–Crippen LogP) is 7.30. The summed E-state index contributed by atoms with van der Waals surface area (Å²) in [5, 5.41) is 0.492. The van der Waals surface area contributed by atoms with Gasteiger partial charge in [0.05, 0.1) is 0 Å². The van der Waals surface area contributed by atoms with Crippen molar-refractivity contribution in [2.75, 3.05) is 5.32 Å². The number of carbonyl (C=O) groups excluding carboxylic acids is 1. The fourth-order valence-electron chi connectivity index (χ4n) is 2.22. The Morgan fingerprint density at radius 3 is 1.57 bits per heavy atom. The first-order valence-electron chi connectivity index (χ1n) is 8.26. The molecule has 0 unspecified atom stereocenters. The van der Waals surface area contributed by atoms with Crippen LogP contribution in [0, 0.1) is 6.92 Å². The summed E-state index contributed by atoms with van der Waals surface area (Å²) < 4.78 is 213. The maximum absolute atomic E-state index is 13.9. The van der Waals surface area contributed by atoms with E-state index >= 15 is 0 Å². The second-order valence-electron chi connectivity index (χ2n) is 6.74. The van der Waals surface area contributed by atoms with E-state index < -0.39 is 59.5 Å². The molecule has 0 bridgehead atoms. The molecular weight excluding hydrogens is 562 g/mol. The summed E-state index contributed by atoms with van der Waals surface area (Å²) in [4.78, 5) is 11.5. The van der Waals surface area contributed by atoms with E-state index in [1.165, 1.54) is 0 Å². The lowest BCUT2D eigenvalue weighted by molar-refractivity contribution is -0.443. The first-order chi connectivity index (χ1) is 15.3. The zero-order valence-electron chi connectivity index (χ0n) is 16.1. The van der Waals surface area contributed by atoms with Gasteiger partial charge in [-0.25, -0.2) is 8.78 Å². The van der Waals surface area contributed by atoms with Gasteiger partial charge in [0, 0.05) is 10.7 Å². The third-order valence-electron chi connectivity index (χ3n) is 4.47. The van der Waals surface area contributed by atoms with E-state index in [0.29, 0.717) is 6.07 Å². The topological polar surface area (TPSA) is 29.1 Å². The highest BCUT2D eigenvalue weighted by molar-refractivity contribution is 6.31. The van der Waals surface area contributed by atoms with Crippen LogP contribution in [0.1, 0.15) is 5.56 Å². The van der Waals surface area contributed by atoms with Gasteiger partial charge in [0.15, 0.2) is 0 Å². The van der Waals surface area contributed by atoms with E-state index in [9.17, 15) is 75.0 Å². The minimum absolute atomic E-state index is 0.350. The lowest BCUT2D eigenvalue weighted by Crippen LogP contribution is -2.74. The molecule has 1 aromatic rings. The molecule has 2 nitrogen and oxygen atoms in total. The minimum atomic E-state index is -8.57. The van der Waals surface area contributed by atoms with Gasteiger partial charge in [-0.05, 0) is 24.6 Å². The highest BCUT2D eigenvalue weighted by Gasteiger charge is 2.94. The molecule has 0 aromatic heterocycles. The van der Waals surface area contributed by atoms with E-state index in [4.69, 9.17) is 11.6 Å². The van der Waals surface area contributed by atoms with Crippen LogP contribution in [0.3, 0.4) is 0 Å². The van der Waals surface area contributed by atoms with Crippen molar-refractivity contribution in [2.24, 2.45) is 0 Å². The van der Waals surface area contributed by atoms with Gasteiger partial charge in [-0.15, -0.1) is 0 Å². The summed E-state index contributed by atoms with van der Waals surface area (Å²) in [6, 6.07) is 2.54. The van der Waals surface area contributed by atoms with Crippen LogP contribution < -0.4 is 5.32 Å². The van der Waals surface area contributed by atoms with Crippen molar-refractivity contribution in [1.82, 2.24) is 0 Å². The standard InChI is InChI=1S/C16H8ClF16NO/c1-5-6(17)3-2-4-7(5)34-9(35)11(22,23)13(26,27)15(30,31)16(32,33)14(28,29)12(24,25)10(20,21)8(18)19/h2-4,8H,1H3,(H,34,35). The van der Waals surface area contributed by atoms with E-state index in [-0.39, 0.29) is 10.6 Å². The Balaban J connectivity index is 3.58. The van der Waals surface area contributed by atoms with Crippen LogP contribution in [0.2, 0.25) is 5.02 Å². The fraction of sp³-hybridized carbons (Fsp3) is 0.562. The molecule has 0 aliphatic rings. The number of hydrogen-bond acceptors (Lipinski definition) is 1. The summed E-state index contributed by atoms with van der Waals surface area (Å²) in [5.41, 5.74) is -1.30. The molecule has 0 saturated carbocycles. The van der Waals surface area contributed by atoms with E-state index in [2.05, 4.69) is 0 Å². The van der Waals surface area contributed by atoms with E-state index in [1.54, 1.807) is 0 Å². The van der Waals surface area contributed by atoms with Crippen molar-refractivity contribution < 1.29 is 75.0 Å². The van der Waals surface area contributed by atoms with Crippen molar-refractivity contribution in [3.05, 3.63) is 28.8 Å². The van der Waals surface area contributed by atoms with Gasteiger partial charge in [0.1, 0.15) is 0 Å². The van der Waals surface area contributed by atoms with Crippen LogP contribution >= 0.6 is 11.6 Å². The van der Waals surface area contributed by atoms with E-state index in [1.807, 2.05) is 0 Å². The third-order valence-corrected chi connectivity index (χ3v) is 4.87. The highest BCUT2D eigenvalue weighted by atomic mass is 35.5. The molecule has 1 rings (SSSR count). The van der Waals surface area contributed by atoms with Crippen LogP contribution in [0.5, 0.6) is 0 Å². The van der Waals surface area contributed by atoms with Crippen molar-refractivity contribution in [3.63, 3.8) is 0 Å². The SMILES string of the molecule is Cc1c(Cl)cccc1NC(=O)C(F)(F)C(F)(F)C(F)(F)C(F)(F)C(F)(F)C(F)(F)C(F)(F)C(F)F. The number of benzene rings is 1. The van der Waals surface area contributed by atoms with Crippen LogP contribution in [0.15, 0.2) is 18.2 Å². The van der Waals surface area contributed by atoms with Gasteiger partial charge in [0.2, 0.25) is 0 Å². The maximum atomic E-state index is 13.9. The second kappa shape index (κ2) is 8.76. The maximum Gasteiger partial charge on any atom is 0.393 e. The number of hydrogen-bond donors (Lipinski definition) is 1. The minimum Gasteiger partial charge on any atom is -0.320 e. The first kappa shape index (κ1) is 30.9. The van der Waals surface area contributed by atoms with Gasteiger partial charge in [-0.3, -0.25) is 4.79 Å². The normalized spacial score (nSPS) is 14.9. The molecule has 0 saturated heterocycles. The summed E-state index contributed by atoms with van der Waals surface area (Å²) in [6.45, 7) is 0.933. The van der Waals surface area contributed by atoms with Crippen LogP contribution in [0.25, 0.3) is 0 Å². The van der Waals surface area contributed by atoms with Gasteiger partial charge >= 0.3 is 53.8 Å². The smallest absolute Gasteiger partial charge is 0.320 e. The molecule has 0 fully saturated rings. The molecule has 0 spiro atoms. The Bertz CT molecular complexity index is 961. The average Bonchev–Trinajstić information content (AvgIpc) is 2.70. The van der Waals surface area contributed by atoms with Crippen LogP contribution in [-0.4, -0.2) is 53.8 Å². The number of carbonyl (C=O) groups is 1. The van der Waals surface area contributed by atoms with Crippen LogP contribution in [-0.2, 0) is 4.79 Å². The van der Waals surface area contributed by atoms with E-state index in [0.717, 1.165) is 24.4 Å². The summed E-state index contributed by atoms with van der Waals surface area (Å²) in [5.74, 6) is -59.9. The molecule has 1 amide bonds. The summed E-state index contributed by atoms with van der Waals surface area (Å²) >= 11 is 5.51. The largest absolute Gasteiger partial charge is 0.393 e. The highest BCUT2D eigenvalue weighted by Crippen LogP contribution is 2.62. The van der Waals surface area contributed by atoms with Crippen molar-refractivity contribution in [3.8, 4) is 0 Å². The summed E-state index contributed by atoms with van der Waals surface area (Å²) in [6.07, 6.45) is -5.93. The van der Waals surface area contributed by atoms with Gasteiger partial charge in [0.25, 0.3) is 0 Å². The molecular formula is C16H8ClF16NO. The zero-order chi connectivity index (χ0) is 28.2. The lowest BCUT2D eigenvalue weighted by atomic mass is 9.89. The number of halogens is 17. The zero-order valence-corrected chi connectivity index (χ0v) is 16.9. The molecule has 1 N–H and O–H groups in total. The number of nitrogens with one attached hydrogen (secondary N) is 1. The molecule has 19 heteroatoms. The molecule has 35 heavy (non-hydrogen) atoms. The molecule has 202 valence electrons. The fourth-order valence-corrected chi connectivity index (χ4v) is 2.40.